The van der Waals surface area contributed by atoms with E-state index in [1.807, 2.05) is 13.8 Å². The summed E-state index contributed by atoms with van der Waals surface area (Å²) in [5, 5.41) is 5.76. The first-order valence-electron chi connectivity index (χ1n) is 6.15. The van der Waals surface area contributed by atoms with Crippen molar-refractivity contribution >= 4 is 33.2 Å². The maximum Gasteiger partial charge on any atom is 0.221 e. The van der Waals surface area contributed by atoms with Crippen LogP contribution in [0.4, 0.5) is 15.8 Å². The highest BCUT2D eigenvalue weighted by Crippen LogP contribution is 2.26. The number of carbonyl (C=O) groups is 1. The Labute approximate surface area is 121 Å². The SMILES string of the molecule is CC(C)CNC(=O)CCNc1cc(F)c(Br)cc1N. The molecule has 6 heteroatoms. The zero-order valence-corrected chi connectivity index (χ0v) is 12.7. The molecule has 19 heavy (non-hydrogen) atoms. The number of hydrogen-bond acceptors (Lipinski definition) is 3. The van der Waals surface area contributed by atoms with Gasteiger partial charge in [-0.1, -0.05) is 13.8 Å². The predicted molar refractivity (Wildman–Crippen MR) is 79.5 cm³/mol. The molecule has 0 saturated heterocycles. The van der Waals surface area contributed by atoms with Gasteiger partial charge in [-0.15, -0.1) is 0 Å². The number of amides is 1. The Morgan fingerprint density at radius 1 is 1.47 bits per heavy atom. The lowest BCUT2D eigenvalue weighted by atomic mass is 10.2. The fourth-order valence-electron chi connectivity index (χ4n) is 1.43. The van der Waals surface area contributed by atoms with E-state index in [2.05, 4.69) is 26.6 Å². The van der Waals surface area contributed by atoms with Crippen molar-refractivity contribution in [3.05, 3.63) is 22.4 Å². The lowest BCUT2D eigenvalue weighted by Gasteiger charge is -2.11. The van der Waals surface area contributed by atoms with Crippen LogP contribution >= 0.6 is 15.9 Å². The Kier molecular flexibility index (Phi) is 6.08. The molecule has 1 rings (SSSR count). The first kappa shape index (κ1) is 15.8. The number of nitrogens with two attached hydrogens (primary N) is 1. The first-order chi connectivity index (χ1) is 8.90. The van der Waals surface area contributed by atoms with E-state index in [9.17, 15) is 9.18 Å². The maximum atomic E-state index is 13.3. The van der Waals surface area contributed by atoms with Crippen LogP contribution < -0.4 is 16.4 Å². The van der Waals surface area contributed by atoms with Gasteiger partial charge in [0.2, 0.25) is 5.91 Å². The summed E-state index contributed by atoms with van der Waals surface area (Å²) >= 11 is 3.06. The Hall–Kier alpha value is -1.30. The highest BCUT2D eigenvalue weighted by Gasteiger charge is 2.07. The zero-order valence-electron chi connectivity index (χ0n) is 11.1. The largest absolute Gasteiger partial charge is 0.397 e. The molecule has 0 spiro atoms. The van der Waals surface area contributed by atoms with Gasteiger partial charge in [0.15, 0.2) is 0 Å². The average Bonchev–Trinajstić information content (AvgIpc) is 2.33. The van der Waals surface area contributed by atoms with Gasteiger partial charge in [0.05, 0.1) is 15.8 Å². The lowest BCUT2D eigenvalue weighted by Crippen LogP contribution is -2.28. The lowest BCUT2D eigenvalue weighted by molar-refractivity contribution is -0.120. The van der Waals surface area contributed by atoms with E-state index in [-0.39, 0.29) is 11.7 Å². The molecule has 0 aliphatic heterocycles. The summed E-state index contributed by atoms with van der Waals surface area (Å²) in [7, 11) is 0. The molecule has 0 unspecified atom stereocenters. The van der Waals surface area contributed by atoms with E-state index < -0.39 is 0 Å². The van der Waals surface area contributed by atoms with Gasteiger partial charge in [0, 0.05) is 25.6 Å². The van der Waals surface area contributed by atoms with Crippen LogP contribution in [0.15, 0.2) is 16.6 Å². The zero-order chi connectivity index (χ0) is 14.4. The van der Waals surface area contributed by atoms with Gasteiger partial charge in [-0.2, -0.15) is 0 Å². The molecule has 1 aromatic rings. The van der Waals surface area contributed by atoms with Gasteiger partial charge in [0.1, 0.15) is 5.82 Å². The van der Waals surface area contributed by atoms with Gasteiger partial charge in [0.25, 0.3) is 0 Å². The summed E-state index contributed by atoms with van der Waals surface area (Å²) in [6, 6.07) is 2.81. The predicted octanol–water partition coefficient (Wildman–Crippen LogP) is 2.74. The fraction of sp³-hybridized carbons (Fsp3) is 0.462. The summed E-state index contributed by atoms with van der Waals surface area (Å²) in [4.78, 5) is 11.5. The standard InChI is InChI=1S/C13H19BrFN3O/c1-8(2)7-18-13(19)3-4-17-12-6-10(15)9(14)5-11(12)16/h5-6,8,17H,3-4,7,16H2,1-2H3,(H,18,19). The smallest absolute Gasteiger partial charge is 0.221 e. The summed E-state index contributed by atoms with van der Waals surface area (Å²) in [5.74, 6) is 0.00596. The van der Waals surface area contributed by atoms with Crippen LogP contribution in [0.2, 0.25) is 0 Å². The third-order valence-electron chi connectivity index (χ3n) is 2.47. The minimum atomic E-state index is -0.388. The van der Waals surface area contributed by atoms with Crippen molar-refractivity contribution in [2.45, 2.75) is 20.3 Å². The number of benzene rings is 1. The van der Waals surface area contributed by atoms with Crippen molar-refractivity contribution in [3.8, 4) is 0 Å². The van der Waals surface area contributed by atoms with E-state index in [0.29, 0.717) is 41.3 Å². The van der Waals surface area contributed by atoms with Crippen molar-refractivity contribution in [1.29, 1.82) is 0 Å². The van der Waals surface area contributed by atoms with Gasteiger partial charge in [-0.25, -0.2) is 4.39 Å². The Bertz CT molecular complexity index is 452. The van der Waals surface area contributed by atoms with E-state index >= 15 is 0 Å². The van der Waals surface area contributed by atoms with Crippen LogP contribution in [0.1, 0.15) is 20.3 Å². The van der Waals surface area contributed by atoms with E-state index in [0.717, 1.165) is 0 Å². The normalized spacial score (nSPS) is 10.6. The molecule has 0 aliphatic carbocycles. The molecule has 0 radical (unpaired) electrons. The van der Waals surface area contributed by atoms with Crippen molar-refractivity contribution in [2.24, 2.45) is 5.92 Å². The molecule has 106 valence electrons. The summed E-state index contributed by atoms with van der Waals surface area (Å²) in [6.45, 7) is 5.14. The van der Waals surface area contributed by atoms with Gasteiger partial charge in [-0.3, -0.25) is 4.79 Å². The molecular formula is C13H19BrFN3O. The number of anilines is 2. The summed E-state index contributed by atoms with van der Waals surface area (Å²) in [6.07, 6.45) is 0.323. The van der Waals surface area contributed by atoms with Crippen molar-refractivity contribution < 1.29 is 9.18 Å². The monoisotopic (exact) mass is 331 g/mol. The maximum absolute atomic E-state index is 13.3. The minimum Gasteiger partial charge on any atom is -0.397 e. The molecule has 0 fully saturated rings. The molecule has 0 aromatic heterocycles. The number of nitrogen functional groups attached to an aromatic ring is 1. The molecular weight excluding hydrogens is 313 g/mol. The van der Waals surface area contributed by atoms with Gasteiger partial charge in [-0.05, 0) is 27.9 Å². The van der Waals surface area contributed by atoms with Gasteiger partial charge < -0.3 is 16.4 Å². The number of nitrogens with one attached hydrogen (secondary N) is 2. The van der Waals surface area contributed by atoms with Crippen molar-refractivity contribution in [2.75, 3.05) is 24.1 Å². The third kappa shape index (κ3) is 5.46. The van der Waals surface area contributed by atoms with Crippen LogP contribution in [-0.2, 0) is 4.79 Å². The molecule has 4 nitrogen and oxygen atoms in total. The highest BCUT2D eigenvalue weighted by molar-refractivity contribution is 9.10. The molecule has 1 amide bonds. The molecule has 0 atom stereocenters. The van der Waals surface area contributed by atoms with E-state index in [4.69, 9.17) is 5.73 Å². The summed E-state index contributed by atoms with van der Waals surface area (Å²) in [5.41, 5.74) is 6.68. The number of carbonyl (C=O) groups excluding carboxylic acids is 1. The second kappa shape index (κ2) is 7.33. The second-order valence-corrected chi connectivity index (χ2v) is 5.58. The van der Waals surface area contributed by atoms with Crippen molar-refractivity contribution in [1.82, 2.24) is 5.32 Å². The van der Waals surface area contributed by atoms with Crippen LogP contribution in [0, 0.1) is 11.7 Å². The van der Waals surface area contributed by atoms with E-state index in [1.54, 1.807) is 0 Å². The van der Waals surface area contributed by atoms with Crippen LogP contribution in [0.25, 0.3) is 0 Å². The van der Waals surface area contributed by atoms with Crippen molar-refractivity contribution in [3.63, 3.8) is 0 Å². The van der Waals surface area contributed by atoms with E-state index in [1.165, 1.54) is 12.1 Å². The second-order valence-electron chi connectivity index (χ2n) is 4.73. The quantitative estimate of drug-likeness (QED) is 0.702. The first-order valence-corrected chi connectivity index (χ1v) is 6.94. The van der Waals surface area contributed by atoms with Crippen LogP contribution in [0.3, 0.4) is 0 Å². The Morgan fingerprint density at radius 2 is 2.16 bits per heavy atom. The minimum absolute atomic E-state index is 0.0302. The van der Waals surface area contributed by atoms with Crippen LogP contribution in [-0.4, -0.2) is 19.0 Å². The molecule has 1 aromatic carbocycles. The number of rotatable bonds is 6. The Morgan fingerprint density at radius 3 is 2.79 bits per heavy atom. The van der Waals surface area contributed by atoms with Crippen LogP contribution in [0.5, 0.6) is 0 Å². The topological polar surface area (TPSA) is 67.2 Å². The highest BCUT2D eigenvalue weighted by atomic mass is 79.9. The van der Waals surface area contributed by atoms with Gasteiger partial charge >= 0.3 is 0 Å². The third-order valence-corrected chi connectivity index (χ3v) is 3.08. The average molecular weight is 332 g/mol. The summed E-state index contributed by atoms with van der Waals surface area (Å²) < 4.78 is 13.7. The molecule has 0 bridgehead atoms. The Balaban J connectivity index is 2.41. The molecule has 0 saturated carbocycles. The molecule has 0 heterocycles. The molecule has 0 aliphatic rings. The number of halogens is 2. The number of hydrogen-bond donors (Lipinski definition) is 3. The fourth-order valence-corrected chi connectivity index (χ4v) is 1.79. The molecule has 4 N–H and O–H groups in total.